The average molecular weight is 557 g/mol. The molecule has 0 unspecified atom stereocenters. The Labute approximate surface area is 237 Å². The third-order valence-electron chi connectivity index (χ3n) is 6.88. The van der Waals surface area contributed by atoms with Crippen molar-refractivity contribution in [3.8, 4) is 22.5 Å². The molecule has 2 aromatic carbocycles. The molecular formula is C30H32N6O5. The van der Waals surface area contributed by atoms with E-state index in [2.05, 4.69) is 20.6 Å². The zero-order chi connectivity index (χ0) is 29.1. The van der Waals surface area contributed by atoms with Crippen molar-refractivity contribution in [3.63, 3.8) is 0 Å². The predicted octanol–water partition coefficient (Wildman–Crippen LogP) is 4.34. The lowest BCUT2D eigenvalue weighted by Crippen LogP contribution is -2.24. The number of H-pyrrole nitrogens is 1. The molecule has 212 valence electrons. The van der Waals surface area contributed by atoms with Crippen LogP contribution in [0.3, 0.4) is 0 Å². The number of esters is 2. The first-order valence-electron chi connectivity index (χ1n) is 13.5. The molecule has 5 rings (SSSR count). The highest BCUT2D eigenvalue weighted by Crippen LogP contribution is 2.31. The molecule has 0 spiro atoms. The Kier molecular flexibility index (Phi) is 7.80. The van der Waals surface area contributed by atoms with Crippen LogP contribution < -0.4 is 0 Å². The van der Waals surface area contributed by atoms with Crippen molar-refractivity contribution in [2.24, 2.45) is 0 Å². The maximum Gasteiger partial charge on any atom is 0.357 e. The van der Waals surface area contributed by atoms with Crippen molar-refractivity contribution < 1.29 is 24.2 Å². The number of benzene rings is 2. The highest BCUT2D eigenvalue weighted by atomic mass is 16.6. The van der Waals surface area contributed by atoms with Crippen molar-refractivity contribution in [2.75, 3.05) is 6.61 Å². The average Bonchev–Trinajstić information content (AvgIpc) is 3.67. The summed E-state index contributed by atoms with van der Waals surface area (Å²) in [6, 6.07) is 15.8. The maximum absolute atomic E-state index is 13.5. The number of aromatic nitrogens is 6. The topological polar surface area (TPSA) is 145 Å². The van der Waals surface area contributed by atoms with Crippen LogP contribution >= 0.6 is 0 Å². The fourth-order valence-corrected chi connectivity index (χ4v) is 4.83. The molecular weight excluding hydrogens is 524 g/mol. The minimum Gasteiger partial charge on any atom is -0.453 e. The van der Waals surface area contributed by atoms with Gasteiger partial charge in [0.2, 0.25) is 0 Å². The normalized spacial score (nSPS) is 13.5. The van der Waals surface area contributed by atoms with Gasteiger partial charge in [-0.2, -0.15) is 0 Å². The monoisotopic (exact) mass is 556 g/mol. The Hall–Kier alpha value is -4.64. The van der Waals surface area contributed by atoms with Gasteiger partial charge < -0.3 is 19.1 Å². The number of aliphatic hydroxyl groups is 1. The van der Waals surface area contributed by atoms with Gasteiger partial charge in [0.1, 0.15) is 29.5 Å². The molecule has 3 heterocycles. The summed E-state index contributed by atoms with van der Waals surface area (Å²) < 4.78 is 12.6. The van der Waals surface area contributed by atoms with Crippen LogP contribution in [0, 0.1) is 0 Å². The van der Waals surface area contributed by atoms with Crippen molar-refractivity contribution >= 4 is 11.9 Å². The summed E-state index contributed by atoms with van der Waals surface area (Å²) in [5.74, 6) is 0.570. The molecule has 1 aliphatic heterocycles. The summed E-state index contributed by atoms with van der Waals surface area (Å²) in [7, 11) is 0. The summed E-state index contributed by atoms with van der Waals surface area (Å²) >= 11 is 0. The molecule has 0 saturated carbocycles. The van der Waals surface area contributed by atoms with Gasteiger partial charge in [-0.3, -0.25) is 4.79 Å². The number of imidazole rings is 1. The van der Waals surface area contributed by atoms with Gasteiger partial charge >= 0.3 is 11.9 Å². The molecule has 11 nitrogen and oxygen atoms in total. The summed E-state index contributed by atoms with van der Waals surface area (Å²) in [6.07, 6.45) is 1.58. The van der Waals surface area contributed by atoms with Gasteiger partial charge in [-0.15, -0.1) is 5.10 Å². The van der Waals surface area contributed by atoms with E-state index >= 15 is 0 Å². The van der Waals surface area contributed by atoms with Crippen LogP contribution in [-0.2, 0) is 32.8 Å². The smallest absolute Gasteiger partial charge is 0.357 e. The van der Waals surface area contributed by atoms with E-state index in [9.17, 15) is 14.7 Å². The van der Waals surface area contributed by atoms with E-state index in [4.69, 9.17) is 14.5 Å². The van der Waals surface area contributed by atoms with Crippen molar-refractivity contribution in [1.82, 2.24) is 30.2 Å². The van der Waals surface area contributed by atoms with Crippen molar-refractivity contribution in [1.29, 1.82) is 0 Å². The molecule has 0 atom stereocenters. The number of aryl methyl sites for hydroxylation is 1. The minimum atomic E-state index is -1.39. The van der Waals surface area contributed by atoms with Crippen molar-refractivity contribution in [3.05, 3.63) is 82.6 Å². The van der Waals surface area contributed by atoms with Crippen molar-refractivity contribution in [2.45, 2.75) is 59.1 Å². The fraction of sp³-hybridized carbons (Fsp3) is 0.333. The lowest BCUT2D eigenvalue weighted by Gasteiger charge is -2.18. The van der Waals surface area contributed by atoms with Gasteiger partial charge in [0.25, 0.3) is 0 Å². The lowest BCUT2D eigenvalue weighted by molar-refractivity contribution is -0.137. The number of nitrogens with zero attached hydrogens (tertiary/aromatic N) is 5. The van der Waals surface area contributed by atoms with Gasteiger partial charge in [-0.25, -0.2) is 14.9 Å². The van der Waals surface area contributed by atoms with Crippen LogP contribution in [0.4, 0.5) is 0 Å². The lowest BCUT2D eigenvalue weighted by atomic mass is 9.98. The maximum atomic E-state index is 13.5. The van der Waals surface area contributed by atoms with Crippen LogP contribution in [0.2, 0.25) is 0 Å². The fourth-order valence-electron chi connectivity index (χ4n) is 4.83. The second-order valence-electron chi connectivity index (χ2n) is 10.5. The molecule has 11 heteroatoms. The molecule has 2 N–H and O–H groups in total. The number of cyclic esters (lactones) is 1. The van der Waals surface area contributed by atoms with Crippen LogP contribution in [0.25, 0.3) is 22.5 Å². The van der Waals surface area contributed by atoms with Crippen LogP contribution in [-0.4, -0.2) is 53.8 Å². The van der Waals surface area contributed by atoms with E-state index in [1.54, 1.807) is 20.8 Å². The molecule has 0 aliphatic carbocycles. The number of tetrazole rings is 1. The quantitative estimate of drug-likeness (QED) is 0.273. The van der Waals surface area contributed by atoms with Gasteiger partial charge in [0.15, 0.2) is 11.5 Å². The second kappa shape index (κ2) is 11.5. The number of hydrogen-bond donors (Lipinski definition) is 2. The number of carbonyl (C=O) groups excluding carboxylic acids is 2. The predicted molar refractivity (Wildman–Crippen MR) is 149 cm³/mol. The van der Waals surface area contributed by atoms with Gasteiger partial charge in [-0.05, 0) is 59.9 Å². The standard InChI is InChI=1S/C30H32N6O5/c1-5-8-24-31-27(30(3,4)39)26(29(38)40-17-23-18(2)15-25(37)41-23)36(24)16-19-11-13-20(14-12-19)21-9-6-7-10-22(21)28-32-34-35-33-28/h6-7,9-14,39H,5,8,15-17H2,1-4H3,(H,32,33,34,35). The third kappa shape index (κ3) is 5.94. The van der Waals surface area contributed by atoms with E-state index < -0.39 is 11.6 Å². The first-order chi connectivity index (χ1) is 19.7. The van der Waals surface area contributed by atoms with E-state index in [1.807, 2.05) is 60.0 Å². The van der Waals surface area contributed by atoms with Crippen LogP contribution in [0.5, 0.6) is 0 Å². The Morgan fingerprint density at radius 1 is 1.15 bits per heavy atom. The molecule has 0 saturated heterocycles. The largest absolute Gasteiger partial charge is 0.453 e. The minimum absolute atomic E-state index is 0.176. The van der Waals surface area contributed by atoms with E-state index in [0.717, 1.165) is 34.2 Å². The summed E-state index contributed by atoms with van der Waals surface area (Å²) in [4.78, 5) is 29.8. The molecule has 0 amide bonds. The van der Waals surface area contributed by atoms with Crippen LogP contribution in [0.15, 0.2) is 59.9 Å². The Morgan fingerprint density at radius 2 is 1.88 bits per heavy atom. The molecule has 0 bridgehead atoms. The van der Waals surface area contributed by atoms with Gasteiger partial charge in [0.05, 0.1) is 6.42 Å². The van der Waals surface area contributed by atoms with E-state index in [0.29, 0.717) is 30.4 Å². The highest BCUT2D eigenvalue weighted by Gasteiger charge is 2.33. The number of aromatic amines is 1. The highest BCUT2D eigenvalue weighted by molar-refractivity contribution is 5.90. The molecule has 1 aliphatic rings. The van der Waals surface area contributed by atoms with E-state index in [1.165, 1.54) is 0 Å². The number of hydrogen-bond acceptors (Lipinski definition) is 9. The SMILES string of the molecule is CCCc1nc(C(C)(C)O)c(C(=O)OCC2=C(C)CC(=O)O2)n1Cc1ccc(-c2ccccc2-c2nnn[nH]2)cc1. The molecule has 0 radical (unpaired) electrons. The number of nitrogens with one attached hydrogen (secondary N) is 1. The number of rotatable bonds is 10. The molecule has 4 aromatic rings. The first-order valence-corrected chi connectivity index (χ1v) is 13.5. The Balaban J connectivity index is 1.47. The summed E-state index contributed by atoms with van der Waals surface area (Å²) in [6.45, 7) is 7.14. The second-order valence-corrected chi connectivity index (χ2v) is 10.5. The zero-order valence-corrected chi connectivity index (χ0v) is 23.5. The van der Waals surface area contributed by atoms with Crippen LogP contribution in [0.1, 0.15) is 68.1 Å². The first kappa shape index (κ1) is 27.9. The third-order valence-corrected chi connectivity index (χ3v) is 6.88. The zero-order valence-electron chi connectivity index (χ0n) is 23.5. The van der Waals surface area contributed by atoms with Gasteiger partial charge in [0, 0.05) is 18.5 Å². The number of carbonyl (C=O) groups is 2. The van der Waals surface area contributed by atoms with E-state index in [-0.39, 0.29) is 30.4 Å². The molecule has 0 fully saturated rings. The molecule has 41 heavy (non-hydrogen) atoms. The Bertz CT molecular complexity index is 1600. The summed E-state index contributed by atoms with van der Waals surface area (Å²) in [5, 5.41) is 25.2. The van der Waals surface area contributed by atoms with Gasteiger partial charge in [-0.1, -0.05) is 55.5 Å². The molecule has 2 aromatic heterocycles. The number of ether oxygens (including phenoxy) is 2. The Morgan fingerprint density at radius 3 is 2.49 bits per heavy atom. The summed E-state index contributed by atoms with van der Waals surface area (Å²) in [5.41, 5.74) is 3.52.